The zero-order valence-corrected chi connectivity index (χ0v) is 18.8. The summed E-state index contributed by atoms with van der Waals surface area (Å²) in [5, 5.41) is 1.59. The lowest BCUT2D eigenvalue weighted by atomic mass is 9.78. The van der Waals surface area contributed by atoms with Gasteiger partial charge in [0.1, 0.15) is 5.60 Å². The number of hydrazine groups is 1. The van der Waals surface area contributed by atoms with Crippen molar-refractivity contribution < 1.29 is 18.8 Å². The Morgan fingerprint density at radius 1 is 1.30 bits per heavy atom. The first-order valence-corrected chi connectivity index (χ1v) is 10.3. The smallest absolute Gasteiger partial charge is 0.444 e. The van der Waals surface area contributed by atoms with Crippen molar-refractivity contribution >= 4 is 24.4 Å². The molecule has 2 aliphatic rings. The van der Waals surface area contributed by atoms with Crippen molar-refractivity contribution in [3.8, 4) is 0 Å². The van der Waals surface area contributed by atoms with Crippen molar-refractivity contribution in [1.82, 2.24) is 9.91 Å². The number of amides is 1. The molecule has 1 unspecified atom stereocenters. The maximum absolute atomic E-state index is 12.5. The fraction of sp³-hybridized carbons (Fsp3) is 0.571. The quantitative estimate of drug-likeness (QED) is 0.558. The lowest BCUT2D eigenvalue weighted by Gasteiger charge is -2.37. The molecule has 2 saturated heterocycles. The Bertz CT molecular complexity index is 837. The minimum absolute atomic E-state index is 0.0258. The van der Waals surface area contributed by atoms with Gasteiger partial charge in [0, 0.05) is 6.54 Å². The average molecular weight is 416 g/mol. The van der Waals surface area contributed by atoms with Gasteiger partial charge in [-0.25, -0.2) is 10.6 Å². The number of nitrogens with two attached hydrogens (primary N) is 2. The summed E-state index contributed by atoms with van der Waals surface area (Å²) in [6.07, 6.45) is -0.402. The molecule has 1 aromatic rings. The van der Waals surface area contributed by atoms with E-state index in [0.717, 1.165) is 11.0 Å². The highest BCUT2D eigenvalue weighted by molar-refractivity contribution is 6.62. The van der Waals surface area contributed by atoms with Gasteiger partial charge in [-0.05, 0) is 52.6 Å². The van der Waals surface area contributed by atoms with Crippen molar-refractivity contribution in [2.24, 2.45) is 11.6 Å². The topological polar surface area (TPSA) is 103 Å². The van der Waals surface area contributed by atoms with Crippen molar-refractivity contribution in [3.05, 3.63) is 35.5 Å². The molecule has 8 nitrogen and oxygen atoms in total. The second kappa shape index (κ2) is 8.13. The average Bonchev–Trinajstić information content (AvgIpc) is 2.93. The van der Waals surface area contributed by atoms with E-state index in [0.29, 0.717) is 24.5 Å². The highest BCUT2D eigenvalue weighted by Crippen LogP contribution is 2.27. The Morgan fingerprint density at radius 3 is 2.60 bits per heavy atom. The van der Waals surface area contributed by atoms with Crippen LogP contribution in [-0.2, 0) is 14.0 Å². The van der Waals surface area contributed by atoms with Gasteiger partial charge in [0.2, 0.25) is 0 Å². The molecule has 9 heteroatoms. The van der Waals surface area contributed by atoms with Gasteiger partial charge in [0.25, 0.3) is 0 Å². The van der Waals surface area contributed by atoms with Gasteiger partial charge in [-0.15, -0.1) is 0 Å². The van der Waals surface area contributed by atoms with Crippen LogP contribution in [0.4, 0.5) is 4.79 Å². The number of benzene rings is 1. The first-order chi connectivity index (χ1) is 13.9. The van der Waals surface area contributed by atoms with Gasteiger partial charge in [0.05, 0.1) is 36.2 Å². The van der Waals surface area contributed by atoms with E-state index in [-0.39, 0.29) is 24.3 Å². The first-order valence-electron chi connectivity index (χ1n) is 10.3. The van der Waals surface area contributed by atoms with Crippen LogP contribution in [0.2, 0.25) is 0 Å². The highest BCUT2D eigenvalue weighted by Gasteiger charge is 2.43. The number of piperazine rings is 1. The summed E-state index contributed by atoms with van der Waals surface area (Å²) in [6.45, 7) is 12.8. The Hall–Kier alpha value is -2.23. The van der Waals surface area contributed by atoms with Gasteiger partial charge in [-0.1, -0.05) is 24.3 Å². The SMILES string of the molecule is CC1OB(c2cccc(/C(N)=C3\CN(C(=O)OC(C)(C)C)CCN3N)c2)OC1(C)C. The van der Waals surface area contributed by atoms with E-state index >= 15 is 0 Å². The van der Waals surface area contributed by atoms with E-state index in [1.165, 1.54) is 0 Å². The van der Waals surface area contributed by atoms with Gasteiger partial charge in [0.15, 0.2) is 0 Å². The fourth-order valence-corrected chi connectivity index (χ4v) is 3.35. The largest absolute Gasteiger partial charge is 0.494 e. The van der Waals surface area contributed by atoms with Crippen molar-refractivity contribution in [2.45, 2.75) is 58.8 Å². The van der Waals surface area contributed by atoms with Crippen molar-refractivity contribution in [2.75, 3.05) is 19.6 Å². The van der Waals surface area contributed by atoms with Crippen molar-refractivity contribution in [3.63, 3.8) is 0 Å². The zero-order valence-electron chi connectivity index (χ0n) is 18.8. The molecule has 2 heterocycles. The molecular formula is C21H33BN4O4. The number of rotatable bonds is 2. The molecule has 0 aliphatic carbocycles. The minimum atomic E-state index is -0.563. The third-order valence-electron chi connectivity index (χ3n) is 5.45. The second-order valence-corrected chi connectivity index (χ2v) is 9.41. The van der Waals surface area contributed by atoms with Crippen molar-refractivity contribution in [1.29, 1.82) is 0 Å². The third-order valence-corrected chi connectivity index (χ3v) is 5.45. The number of hydrogen-bond donors (Lipinski definition) is 2. The number of hydrogen-bond acceptors (Lipinski definition) is 7. The van der Waals surface area contributed by atoms with E-state index in [4.69, 9.17) is 25.6 Å². The molecule has 0 spiro atoms. The summed E-state index contributed by atoms with van der Waals surface area (Å²) < 4.78 is 17.5. The number of nitrogens with zero attached hydrogens (tertiary/aromatic N) is 2. The zero-order chi connectivity index (χ0) is 22.3. The second-order valence-electron chi connectivity index (χ2n) is 9.41. The van der Waals surface area contributed by atoms with E-state index < -0.39 is 12.7 Å². The lowest BCUT2D eigenvalue weighted by molar-refractivity contribution is 0.0199. The van der Waals surface area contributed by atoms with Crippen LogP contribution in [0.25, 0.3) is 5.70 Å². The van der Waals surface area contributed by atoms with E-state index in [1.807, 2.05) is 65.8 Å². The summed E-state index contributed by atoms with van der Waals surface area (Å²) in [6, 6.07) is 7.72. The van der Waals surface area contributed by atoms with Crippen LogP contribution < -0.4 is 17.0 Å². The third kappa shape index (κ3) is 4.91. The van der Waals surface area contributed by atoms with Gasteiger partial charge in [-0.2, -0.15) is 0 Å². The van der Waals surface area contributed by atoms with Crippen LogP contribution in [0.5, 0.6) is 0 Å². The van der Waals surface area contributed by atoms with Crippen LogP contribution in [0, 0.1) is 0 Å². The lowest BCUT2D eigenvalue weighted by Crippen LogP contribution is -2.51. The molecule has 164 valence electrons. The van der Waals surface area contributed by atoms with Crippen LogP contribution in [-0.4, -0.2) is 60.1 Å². The maximum atomic E-state index is 12.5. The Kier molecular flexibility index (Phi) is 6.09. The summed E-state index contributed by atoms with van der Waals surface area (Å²) in [5.41, 5.74) is 8.44. The molecule has 2 fully saturated rings. The Morgan fingerprint density at radius 2 is 2.00 bits per heavy atom. The molecule has 3 rings (SSSR count). The van der Waals surface area contributed by atoms with Crippen LogP contribution in [0.1, 0.15) is 47.1 Å². The number of carbonyl (C=O) groups is 1. The van der Waals surface area contributed by atoms with E-state index in [2.05, 4.69) is 0 Å². The summed E-state index contributed by atoms with van der Waals surface area (Å²) in [7, 11) is -0.452. The van der Waals surface area contributed by atoms with E-state index in [9.17, 15) is 4.79 Å². The molecule has 1 atom stereocenters. The van der Waals surface area contributed by atoms with Gasteiger partial charge in [-0.3, -0.25) is 0 Å². The van der Waals surface area contributed by atoms with E-state index in [1.54, 1.807) is 9.91 Å². The molecule has 1 amide bonds. The Balaban J connectivity index is 1.83. The number of carbonyl (C=O) groups excluding carboxylic acids is 1. The van der Waals surface area contributed by atoms with Crippen LogP contribution in [0.3, 0.4) is 0 Å². The predicted octanol–water partition coefficient (Wildman–Crippen LogP) is 1.65. The molecule has 2 aliphatic heterocycles. The number of ether oxygens (including phenoxy) is 1. The summed E-state index contributed by atoms with van der Waals surface area (Å²) in [5.74, 6) is 6.19. The molecular weight excluding hydrogens is 383 g/mol. The molecule has 0 radical (unpaired) electrons. The normalized spacial score (nSPS) is 23.6. The molecule has 0 saturated carbocycles. The molecule has 1 aromatic carbocycles. The van der Waals surface area contributed by atoms with Gasteiger partial charge < -0.3 is 29.7 Å². The summed E-state index contributed by atoms with van der Waals surface area (Å²) >= 11 is 0. The summed E-state index contributed by atoms with van der Waals surface area (Å²) in [4.78, 5) is 14.1. The maximum Gasteiger partial charge on any atom is 0.494 e. The van der Waals surface area contributed by atoms with Crippen LogP contribution >= 0.6 is 0 Å². The first kappa shape index (κ1) is 22.5. The van der Waals surface area contributed by atoms with Gasteiger partial charge >= 0.3 is 13.2 Å². The molecule has 4 N–H and O–H groups in total. The minimum Gasteiger partial charge on any atom is -0.444 e. The monoisotopic (exact) mass is 416 g/mol. The van der Waals surface area contributed by atoms with Crippen LogP contribution in [0.15, 0.2) is 30.0 Å². The highest BCUT2D eigenvalue weighted by atomic mass is 16.7. The molecule has 0 aromatic heterocycles. The Labute approximate surface area is 179 Å². The molecule has 30 heavy (non-hydrogen) atoms. The molecule has 0 bridgehead atoms. The predicted molar refractivity (Wildman–Crippen MR) is 117 cm³/mol. The fourth-order valence-electron chi connectivity index (χ4n) is 3.35. The standard InChI is InChI=1S/C21H33BN4O4/c1-14-21(5,6)30-22(29-14)16-9-7-8-15(12-16)18(23)17-13-25(10-11-26(17)24)19(27)28-20(2,3)4/h7-9,12,14H,10-11,13,23-24H2,1-6H3/b18-17-.